The molecule has 332 valence electrons. The minimum Gasteiger partial charge on any atom is -0.303 e. The third-order valence-corrected chi connectivity index (χ3v) is 18.6. The van der Waals surface area contributed by atoms with E-state index in [1.54, 1.807) is 27.8 Å². The number of rotatable bonds is 27. The van der Waals surface area contributed by atoms with Crippen LogP contribution in [0.4, 0.5) is 0 Å². The van der Waals surface area contributed by atoms with Crippen molar-refractivity contribution in [2.75, 3.05) is 38.6 Å². The van der Waals surface area contributed by atoms with Crippen LogP contribution in [0.5, 0.6) is 0 Å². The Morgan fingerprint density at radius 3 is 2.12 bits per heavy atom. The third kappa shape index (κ3) is 14.6. The minimum atomic E-state index is 0.247. The van der Waals surface area contributed by atoms with E-state index in [-0.39, 0.29) is 7.92 Å². The fourth-order valence-corrected chi connectivity index (χ4v) is 13.0. The highest BCUT2D eigenvalue weighted by atomic mass is 31.1. The molecule has 0 N–H and O–H groups in total. The molecule has 3 heteroatoms. The molecule has 0 aromatic heterocycles. The van der Waals surface area contributed by atoms with E-state index in [9.17, 15) is 4.79 Å². The minimum absolute atomic E-state index is 0.247. The first-order valence-electron chi connectivity index (χ1n) is 25.3. The van der Waals surface area contributed by atoms with Crippen LogP contribution >= 0.6 is 7.92 Å². The lowest BCUT2D eigenvalue weighted by Gasteiger charge is -2.45. The molecule has 4 rings (SSSR count). The van der Waals surface area contributed by atoms with Gasteiger partial charge in [-0.25, -0.2) is 0 Å². The number of allylic oxidation sites excluding steroid dienone is 1. The van der Waals surface area contributed by atoms with Crippen LogP contribution in [0.15, 0.2) is 12.2 Å². The number of hydrogen-bond acceptors (Lipinski definition) is 2. The van der Waals surface area contributed by atoms with Gasteiger partial charge in [-0.3, -0.25) is 4.79 Å². The van der Waals surface area contributed by atoms with Gasteiger partial charge in [0.05, 0.1) is 0 Å². The fraction of sp³-hybridized carbons (Fsp3) is 0.836. The Kier molecular flexibility index (Phi) is 20.6. The van der Waals surface area contributed by atoms with Gasteiger partial charge in [0, 0.05) is 18.9 Å². The normalized spacial score (nSPS) is 24.7. The van der Waals surface area contributed by atoms with Gasteiger partial charge in [-0.15, -0.1) is 7.92 Å². The highest BCUT2D eigenvalue weighted by Crippen LogP contribution is 2.54. The summed E-state index contributed by atoms with van der Waals surface area (Å²) in [5, 5.41) is 0. The number of hydrogen-bond donors (Lipinski definition) is 0. The molecule has 0 radical (unpaired) electrons. The Morgan fingerprint density at radius 2 is 1.50 bits per heavy atom. The molecule has 58 heavy (non-hydrogen) atoms. The van der Waals surface area contributed by atoms with Crippen molar-refractivity contribution < 1.29 is 4.79 Å². The van der Waals surface area contributed by atoms with Crippen LogP contribution in [-0.4, -0.2) is 49.3 Å². The molecular formula is C55H96NOP. The van der Waals surface area contributed by atoms with Crippen molar-refractivity contribution in [1.82, 2.24) is 4.90 Å². The first-order valence-corrected chi connectivity index (χ1v) is 27.5. The van der Waals surface area contributed by atoms with E-state index in [2.05, 4.69) is 94.3 Å². The fourth-order valence-electron chi connectivity index (χ4n) is 12.1. The number of fused-ring (bicyclic) bond motifs is 1. The van der Waals surface area contributed by atoms with Crippen LogP contribution in [0.2, 0.25) is 0 Å². The molecule has 0 amide bonds. The zero-order valence-corrected chi connectivity index (χ0v) is 41.7. The molecule has 1 saturated heterocycles. The van der Waals surface area contributed by atoms with Crippen LogP contribution < -0.4 is 0 Å². The highest BCUT2D eigenvalue weighted by molar-refractivity contribution is 7.56. The van der Waals surface area contributed by atoms with Gasteiger partial charge in [-0.05, 0) is 197 Å². The molecule has 8 atom stereocenters. The number of ketones is 1. The molecule has 1 aromatic rings. The number of benzene rings is 1. The van der Waals surface area contributed by atoms with Crippen molar-refractivity contribution >= 4 is 13.7 Å². The second-order valence-electron chi connectivity index (χ2n) is 21.8. The van der Waals surface area contributed by atoms with Gasteiger partial charge in [-0.1, -0.05) is 125 Å². The van der Waals surface area contributed by atoms with E-state index in [1.807, 2.05) is 0 Å². The SMILES string of the molecule is C=C(CCC(=O)C1CC1CCC1CCN(CCP(C)CC)CC1)CC(C)c1c(C)c(C)c2c(c1C)CCC(C)(CCCC(C)CCCC(C)CCCC(C)C)C2CC. The Hall–Kier alpha value is -0.980. The zero-order valence-electron chi connectivity index (χ0n) is 40.8. The van der Waals surface area contributed by atoms with E-state index in [0.717, 1.165) is 42.9 Å². The van der Waals surface area contributed by atoms with Crippen molar-refractivity contribution in [2.45, 2.75) is 216 Å². The Morgan fingerprint density at radius 1 is 0.862 bits per heavy atom. The Bertz CT molecular complexity index is 1420. The summed E-state index contributed by atoms with van der Waals surface area (Å²) in [7, 11) is 0.247. The lowest BCUT2D eigenvalue weighted by Crippen LogP contribution is -2.35. The standard InChI is InChI=1S/C55H96NOP/c1-14-51-54-45(10)44(9)53(46(11)49(54)28-32-55(51,12)31-18-23-41(6)22-17-21-40(5)20-16-19-39(3)4)43(8)37-42(7)24-27-52(57)50-38-48(50)26-25-47-29-33-56(34-30-47)35-36-58(13)15-2/h39-41,43,47-48,50-51H,7,14-38H2,1-6,8-13H3. The molecule has 1 heterocycles. The van der Waals surface area contributed by atoms with Crippen molar-refractivity contribution in [3.63, 3.8) is 0 Å². The summed E-state index contributed by atoms with van der Waals surface area (Å²) in [6.07, 6.45) is 28.3. The predicted molar refractivity (Wildman–Crippen MR) is 259 cm³/mol. The maximum atomic E-state index is 13.3. The smallest absolute Gasteiger partial charge is 0.136 e. The maximum absolute atomic E-state index is 13.3. The number of piperidine rings is 1. The van der Waals surface area contributed by atoms with Gasteiger partial charge >= 0.3 is 0 Å². The van der Waals surface area contributed by atoms with Crippen molar-refractivity contribution in [2.24, 2.45) is 40.9 Å². The number of Topliss-reactive ketones (excluding diaryl/α,β-unsaturated/α-hetero) is 1. The summed E-state index contributed by atoms with van der Waals surface area (Å²) in [4.78, 5) is 16.0. The van der Waals surface area contributed by atoms with E-state index < -0.39 is 0 Å². The topological polar surface area (TPSA) is 20.3 Å². The maximum Gasteiger partial charge on any atom is 0.136 e. The highest BCUT2D eigenvalue weighted by Gasteiger charge is 2.42. The molecule has 8 unspecified atom stereocenters. The summed E-state index contributed by atoms with van der Waals surface area (Å²) in [6, 6.07) is 0. The Balaban J connectivity index is 1.21. The number of carbonyl (C=O) groups excluding carboxylic acids is 1. The molecule has 0 spiro atoms. The van der Waals surface area contributed by atoms with Crippen molar-refractivity contribution in [3.8, 4) is 0 Å². The molecule has 3 aliphatic rings. The second kappa shape index (κ2) is 24.0. The van der Waals surface area contributed by atoms with Gasteiger partial charge in [0.15, 0.2) is 0 Å². The van der Waals surface area contributed by atoms with Crippen LogP contribution in [0.25, 0.3) is 0 Å². The zero-order chi connectivity index (χ0) is 42.6. The van der Waals surface area contributed by atoms with Crippen molar-refractivity contribution in [3.05, 3.63) is 45.5 Å². The number of nitrogens with zero attached hydrogens (tertiary/aromatic N) is 1. The van der Waals surface area contributed by atoms with E-state index in [1.165, 1.54) is 146 Å². The first kappa shape index (κ1) is 49.7. The Labute approximate surface area is 363 Å². The molecule has 2 fully saturated rings. The summed E-state index contributed by atoms with van der Waals surface area (Å²) < 4.78 is 0. The summed E-state index contributed by atoms with van der Waals surface area (Å²) in [5.41, 5.74) is 11.3. The molecule has 2 aliphatic carbocycles. The summed E-state index contributed by atoms with van der Waals surface area (Å²) in [5.74, 6) is 6.12. The van der Waals surface area contributed by atoms with Crippen LogP contribution in [0, 0.1) is 61.7 Å². The lowest BCUT2D eigenvalue weighted by molar-refractivity contribution is -0.120. The number of carbonyl (C=O) groups is 1. The van der Waals surface area contributed by atoms with E-state index in [4.69, 9.17) is 0 Å². The molecule has 0 bridgehead atoms. The molecular weight excluding hydrogens is 722 g/mol. The van der Waals surface area contributed by atoms with Crippen LogP contribution in [-0.2, 0) is 11.2 Å². The first-order chi connectivity index (χ1) is 27.6. The van der Waals surface area contributed by atoms with Crippen molar-refractivity contribution in [1.29, 1.82) is 0 Å². The predicted octanol–water partition coefficient (Wildman–Crippen LogP) is 16.2. The second-order valence-corrected chi connectivity index (χ2v) is 24.6. The summed E-state index contributed by atoms with van der Waals surface area (Å²) in [6.45, 7) is 37.8. The number of likely N-dealkylation sites (tertiary alicyclic amines) is 1. The lowest BCUT2D eigenvalue weighted by atomic mass is 9.59. The average molecular weight is 818 g/mol. The quantitative estimate of drug-likeness (QED) is 0.0651. The third-order valence-electron chi connectivity index (χ3n) is 16.6. The summed E-state index contributed by atoms with van der Waals surface area (Å²) >= 11 is 0. The molecule has 1 aromatic carbocycles. The molecule has 1 saturated carbocycles. The largest absolute Gasteiger partial charge is 0.303 e. The van der Waals surface area contributed by atoms with E-state index >= 15 is 0 Å². The van der Waals surface area contributed by atoms with Gasteiger partial charge < -0.3 is 4.90 Å². The van der Waals surface area contributed by atoms with Gasteiger partial charge in [-0.2, -0.15) is 0 Å². The van der Waals surface area contributed by atoms with Gasteiger partial charge in [0.1, 0.15) is 5.78 Å². The van der Waals surface area contributed by atoms with Gasteiger partial charge in [0.2, 0.25) is 0 Å². The van der Waals surface area contributed by atoms with Crippen LogP contribution in [0.1, 0.15) is 223 Å². The van der Waals surface area contributed by atoms with Crippen LogP contribution in [0.3, 0.4) is 0 Å². The van der Waals surface area contributed by atoms with E-state index in [0.29, 0.717) is 41.3 Å². The average Bonchev–Trinajstić information content (AvgIpc) is 3.97. The molecule has 2 nitrogen and oxygen atoms in total. The molecule has 1 aliphatic heterocycles. The monoisotopic (exact) mass is 818 g/mol. The van der Waals surface area contributed by atoms with Gasteiger partial charge in [0.25, 0.3) is 0 Å².